The van der Waals surface area contributed by atoms with Crippen LogP contribution in [0.15, 0.2) is 47.5 Å². The molecule has 0 aliphatic rings. The Morgan fingerprint density at radius 3 is 2.56 bits per heavy atom. The number of hydrogen-bond donors (Lipinski definition) is 3. The highest BCUT2D eigenvalue weighted by Gasteiger charge is 2.12. The summed E-state index contributed by atoms with van der Waals surface area (Å²) in [5, 5.41) is 16.6. The van der Waals surface area contributed by atoms with E-state index in [0.29, 0.717) is 36.1 Å². The van der Waals surface area contributed by atoms with Crippen LogP contribution in [-0.4, -0.2) is 38.4 Å². The first kappa shape index (κ1) is 20.5. The first-order valence-corrected chi connectivity index (χ1v) is 8.74. The molecule has 7 heteroatoms. The first-order chi connectivity index (χ1) is 13.1. The Morgan fingerprint density at radius 1 is 1.11 bits per heavy atom. The molecular weight excluding hydrogens is 349 g/mol. The third kappa shape index (κ3) is 6.14. The van der Waals surface area contributed by atoms with Crippen LogP contribution in [0.1, 0.15) is 24.2 Å². The van der Waals surface area contributed by atoms with Gasteiger partial charge in [0.2, 0.25) is 0 Å². The summed E-state index contributed by atoms with van der Waals surface area (Å²) in [6.45, 7) is 3.20. The fraction of sp³-hybridized carbons (Fsp3) is 0.350. The van der Waals surface area contributed by atoms with Crippen LogP contribution >= 0.6 is 0 Å². The molecule has 0 heterocycles. The molecule has 0 radical (unpaired) electrons. The number of aliphatic hydroxyl groups is 1. The number of guanidine groups is 1. The van der Waals surface area contributed by atoms with E-state index in [9.17, 15) is 9.50 Å². The van der Waals surface area contributed by atoms with Crippen LogP contribution < -0.4 is 20.1 Å². The lowest BCUT2D eigenvalue weighted by Crippen LogP contribution is -2.39. The van der Waals surface area contributed by atoms with Crippen molar-refractivity contribution in [1.82, 2.24) is 10.6 Å². The molecule has 1 unspecified atom stereocenters. The predicted molar refractivity (Wildman–Crippen MR) is 104 cm³/mol. The lowest BCUT2D eigenvalue weighted by atomic mass is 10.1. The van der Waals surface area contributed by atoms with Crippen LogP contribution in [0.25, 0.3) is 0 Å². The van der Waals surface area contributed by atoms with E-state index in [1.54, 1.807) is 38.5 Å². The fourth-order valence-corrected chi connectivity index (χ4v) is 2.52. The van der Waals surface area contributed by atoms with Gasteiger partial charge in [0, 0.05) is 13.1 Å². The van der Waals surface area contributed by atoms with Crippen molar-refractivity contribution in [3.8, 4) is 11.5 Å². The monoisotopic (exact) mass is 375 g/mol. The van der Waals surface area contributed by atoms with Gasteiger partial charge in [-0.25, -0.2) is 9.38 Å². The molecule has 0 spiro atoms. The molecule has 3 N–H and O–H groups in total. The zero-order valence-electron chi connectivity index (χ0n) is 15.8. The Morgan fingerprint density at radius 2 is 1.89 bits per heavy atom. The highest BCUT2D eigenvalue weighted by molar-refractivity contribution is 5.79. The second kappa shape index (κ2) is 10.4. The van der Waals surface area contributed by atoms with Crippen molar-refractivity contribution in [3.05, 3.63) is 59.4 Å². The van der Waals surface area contributed by atoms with Gasteiger partial charge in [-0.05, 0) is 42.3 Å². The van der Waals surface area contributed by atoms with Crippen LogP contribution in [0.5, 0.6) is 11.5 Å². The molecule has 2 aromatic carbocycles. The average molecular weight is 375 g/mol. The first-order valence-electron chi connectivity index (χ1n) is 8.74. The van der Waals surface area contributed by atoms with Gasteiger partial charge in [-0.3, -0.25) is 0 Å². The third-order valence-corrected chi connectivity index (χ3v) is 3.91. The summed E-state index contributed by atoms with van der Waals surface area (Å²) >= 11 is 0. The molecule has 146 valence electrons. The minimum Gasteiger partial charge on any atom is -0.493 e. The Bertz CT molecular complexity index is 768. The van der Waals surface area contributed by atoms with Crippen LogP contribution in [0.2, 0.25) is 0 Å². The number of aliphatic hydroxyl groups excluding tert-OH is 1. The summed E-state index contributed by atoms with van der Waals surface area (Å²) in [7, 11) is 3.11. The molecule has 0 saturated heterocycles. The van der Waals surface area contributed by atoms with E-state index in [-0.39, 0.29) is 12.4 Å². The van der Waals surface area contributed by atoms with E-state index in [2.05, 4.69) is 15.6 Å². The molecule has 0 aliphatic carbocycles. The number of benzene rings is 2. The second-order valence-electron chi connectivity index (χ2n) is 5.84. The van der Waals surface area contributed by atoms with Crippen molar-refractivity contribution in [3.63, 3.8) is 0 Å². The molecular formula is C20H26FN3O3. The number of ether oxygens (including phenoxy) is 2. The van der Waals surface area contributed by atoms with Gasteiger partial charge in [-0.2, -0.15) is 0 Å². The minimum atomic E-state index is -0.761. The number of methoxy groups -OCH3 is 2. The van der Waals surface area contributed by atoms with E-state index in [0.717, 1.165) is 5.56 Å². The van der Waals surface area contributed by atoms with Crippen LogP contribution in [0.3, 0.4) is 0 Å². The number of nitrogens with one attached hydrogen (secondary N) is 2. The molecule has 0 saturated carbocycles. The summed E-state index contributed by atoms with van der Waals surface area (Å²) in [5.74, 6) is 1.41. The van der Waals surface area contributed by atoms with E-state index >= 15 is 0 Å². The van der Waals surface area contributed by atoms with Gasteiger partial charge in [-0.15, -0.1) is 0 Å². The molecule has 0 fully saturated rings. The number of hydrogen-bond acceptors (Lipinski definition) is 4. The highest BCUT2D eigenvalue weighted by Crippen LogP contribution is 2.29. The smallest absolute Gasteiger partial charge is 0.191 e. The molecule has 0 aliphatic heterocycles. The number of aliphatic imine (C=N–C) groups is 1. The van der Waals surface area contributed by atoms with Gasteiger partial charge in [0.05, 0.1) is 26.9 Å². The molecule has 0 bridgehead atoms. The van der Waals surface area contributed by atoms with Crippen molar-refractivity contribution >= 4 is 5.96 Å². The van der Waals surface area contributed by atoms with Gasteiger partial charge in [-0.1, -0.05) is 18.2 Å². The van der Waals surface area contributed by atoms with Crippen molar-refractivity contribution in [2.45, 2.75) is 19.6 Å². The number of rotatable bonds is 8. The molecule has 6 nitrogen and oxygen atoms in total. The lowest BCUT2D eigenvalue weighted by molar-refractivity contribution is 0.180. The van der Waals surface area contributed by atoms with Gasteiger partial charge in [0.25, 0.3) is 0 Å². The summed E-state index contributed by atoms with van der Waals surface area (Å²) in [6, 6.07) is 11.6. The largest absolute Gasteiger partial charge is 0.493 e. The summed E-state index contributed by atoms with van der Waals surface area (Å²) in [6.07, 6.45) is -0.761. The maximum atomic E-state index is 13.3. The van der Waals surface area contributed by atoms with Gasteiger partial charge in [0.1, 0.15) is 5.82 Å². The maximum absolute atomic E-state index is 13.3. The zero-order valence-corrected chi connectivity index (χ0v) is 15.8. The molecule has 27 heavy (non-hydrogen) atoms. The van der Waals surface area contributed by atoms with Crippen molar-refractivity contribution in [2.24, 2.45) is 4.99 Å². The normalized spacial score (nSPS) is 12.4. The average Bonchev–Trinajstić information content (AvgIpc) is 2.69. The molecule has 1 atom stereocenters. The number of halogens is 1. The standard InChI is InChI=1S/C20H26FN3O3/c1-4-22-20(23-12-14-6-5-7-16(21)10-14)24-13-17(25)15-8-9-18(26-2)19(11-15)27-3/h5-11,17,25H,4,12-13H2,1-3H3,(H2,22,23,24). The predicted octanol–water partition coefficient (Wildman–Crippen LogP) is 2.63. The third-order valence-electron chi connectivity index (χ3n) is 3.91. The zero-order chi connectivity index (χ0) is 19.6. The number of nitrogens with zero attached hydrogens (tertiary/aromatic N) is 1. The van der Waals surface area contributed by atoms with Crippen LogP contribution in [0, 0.1) is 5.82 Å². The van der Waals surface area contributed by atoms with Crippen LogP contribution in [-0.2, 0) is 6.54 Å². The fourth-order valence-electron chi connectivity index (χ4n) is 2.52. The van der Waals surface area contributed by atoms with E-state index in [4.69, 9.17) is 9.47 Å². The second-order valence-corrected chi connectivity index (χ2v) is 5.84. The lowest BCUT2D eigenvalue weighted by Gasteiger charge is -2.17. The van der Waals surface area contributed by atoms with Crippen molar-refractivity contribution in [1.29, 1.82) is 0 Å². The van der Waals surface area contributed by atoms with Crippen LogP contribution in [0.4, 0.5) is 4.39 Å². The molecule has 2 aromatic rings. The highest BCUT2D eigenvalue weighted by atomic mass is 19.1. The van der Waals surface area contributed by atoms with Gasteiger partial charge >= 0.3 is 0 Å². The van der Waals surface area contributed by atoms with Gasteiger partial charge < -0.3 is 25.2 Å². The van der Waals surface area contributed by atoms with E-state index in [1.165, 1.54) is 12.1 Å². The summed E-state index contributed by atoms with van der Waals surface area (Å²) in [5.41, 5.74) is 1.47. The summed E-state index contributed by atoms with van der Waals surface area (Å²) in [4.78, 5) is 4.42. The van der Waals surface area contributed by atoms with E-state index < -0.39 is 6.10 Å². The molecule has 2 rings (SSSR count). The Hall–Kier alpha value is -2.80. The Kier molecular flexibility index (Phi) is 7.88. The molecule has 0 aromatic heterocycles. The topological polar surface area (TPSA) is 75.1 Å². The summed E-state index contributed by atoms with van der Waals surface area (Å²) < 4.78 is 23.7. The minimum absolute atomic E-state index is 0.254. The Balaban J connectivity index is 2.01. The van der Waals surface area contributed by atoms with E-state index in [1.807, 2.05) is 13.0 Å². The van der Waals surface area contributed by atoms with Crippen molar-refractivity contribution in [2.75, 3.05) is 27.3 Å². The van der Waals surface area contributed by atoms with Crippen molar-refractivity contribution < 1.29 is 19.0 Å². The SMILES string of the molecule is CCNC(=NCc1cccc(F)c1)NCC(O)c1ccc(OC)c(OC)c1. The Labute approximate surface area is 159 Å². The maximum Gasteiger partial charge on any atom is 0.191 e. The van der Waals surface area contributed by atoms with Gasteiger partial charge in [0.15, 0.2) is 17.5 Å². The quantitative estimate of drug-likeness (QED) is 0.489. The molecule has 0 amide bonds.